The van der Waals surface area contributed by atoms with Gasteiger partial charge in [0.15, 0.2) is 0 Å². The molecule has 0 saturated carbocycles. The quantitative estimate of drug-likeness (QED) is 0.638. The summed E-state index contributed by atoms with van der Waals surface area (Å²) in [4.78, 5) is 53.3. The van der Waals surface area contributed by atoms with Crippen molar-refractivity contribution in [2.75, 3.05) is 51.3 Å². The van der Waals surface area contributed by atoms with Crippen LogP contribution in [-0.2, 0) is 14.3 Å². The highest BCUT2D eigenvalue weighted by Crippen LogP contribution is 2.22. The minimum Gasteiger partial charge on any atom is -0.450 e. The Bertz CT molecular complexity index is 876. The maximum Gasteiger partial charge on any atom is 0.409 e. The maximum atomic E-state index is 13.0. The van der Waals surface area contributed by atoms with Gasteiger partial charge < -0.3 is 25.0 Å². The lowest BCUT2D eigenvalue weighted by molar-refractivity contribution is -0.137. The molecule has 2 N–H and O–H groups in total. The number of benzene rings is 1. The second-order valence-corrected chi connectivity index (χ2v) is 6.73. The molecular formula is C20H24N4O6. The van der Waals surface area contributed by atoms with E-state index in [1.165, 1.54) is 0 Å². The van der Waals surface area contributed by atoms with Crippen molar-refractivity contribution in [1.29, 1.82) is 0 Å². The molecule has 3 rings (SSSR count). The van der Waals surface area contributed by atoms with Crippen LogP contribution in [0.3, 0.4) is 0 Å². The van der Waals surface area contributed by atoms with Crippen LogP contribution in [0.5, 0.6) is 0 Å². The Morgan fingerprint density at radius 1 is 1.10 bits per heavy atom. The number of aliphatic hydroxyl groups excluding tert-OH is 1. The van der Waals surface area contributed by atoms with Gasteiger partial charge in [0.1, 0.15) is 5.70 Å². The van der Waals surface area contributed by atoms with E-state index in [-0.39, 0.29) is 24.8 Å². The molecule has 30 heavy (non-hydrogen) atoms. The molecule has 1 saturated heterocycles. The third kappa shape index (κ3) is 4.43. The Kier molecular flexibility index (Phi) is 6.68. The van der Waals surface area contributed by atoms with E-state index < -0.39 is 17.9 Å². The zero-order chi connectivity index (χ0) is 21.7. The molecule has 0 aromatic heterocycles. The molecule has 2 aliphatic rings. The van der Waals surface area contributed by atoms with Gasteiger partial charge in [-0.2, -0.15) is 0 Å². The summed E-state index contributed by atoms with van der Waals surface area (Å²) < 4.78 is 4.99. The Morgan fingerprint density at radius 3 is 2.43 bits per heavy atom. The van der Waals surface area contributed by atoms with Gasteiger partial charge in [0.2, 0.25) is 0 Å². The summed E-state index contributed by atoms with van der Waals surface area (Å²) in [6.45, 7) is 3.07. The van der Waals surface area contributed by atoms with Crippen LogP contribution in [0, 0.1) is 0 Å². The molecule has 2 aliphatic heterocycles. The van der Waals surface area contributed by atoms with Crippen molar-refractivity contribution in [3.63, 3.8) is 0 Å². The fraction of sp³-hybridized carbons (Fsp3) is 0.400. The summed E-state index contributed by atoms with van der Waals surface area (Å²) in [5.41, 5.74) is 0.790. The van der Waals surface area contributed by atoms with E-state index >= 15 is 0 Å². The minimum atomic E-state index is -0.556. The molecule has 1 fully saturated rings. The van der Waals surface area contributed by atoms with Crippen LogP contribution in [0.15, 0.2) is 36.0 Å². The fourth-order valence-electron chi connectivity index (χ4n) is 3.31. The number of imide groups is 1. The first-order valence-electron chi connectivity index (χ1n) is 9.71. The van der Waals surface area contributed by atoms with E-state index in [0.717, 1.165) is 11.0 Å². The van der Waals surface area contributed by atoms with E-state index in [1.54, 1.807) is 41.0 Å². The number of para-hydroxylation sites is 1. The first-order chi connectivity index (χ1) is 14.5. The number of hydrogen-bond donors (Lipinski definition) is 2. The van der Waals surface area contributed by atoms with Gasteiger partial charge in [-0.3, -0.25) is 19.3 Å². The van der Waals surface area contributed by atoms with Gasteiger partial charge in [0.05, 0.1) is 31.0 Å². The number of rotatable bonds is 6. The van der Waals surface area contributed by atoms with E-state index in [2.05, 4.69) is 5.32 Å². The molecule has 0 aliphatic carbocycles. The van der Waals surface area contributed by atoms with Crippen molar-refractivity contribution in [2.24, 2.45) is 0 Å². The number of carbonyl (C=O) groups is 4. The topological polar surface area (TPSA) is 119 Å². The molecule has 160 valence electrons. The van der Waals surface area contributed by atoms with Gasteiger partial charge in [-0.25, -0.2) is 4.79 Å². The molecule has 10 nitrogen and oxygen atoms in total. The zero-order valence-electron chi connectivity index (χ0n) is 16.7. The van der Waals surface area contributed by atoms with Gasteiger partial charge in [0, 0.05) is 32.3 Å². The number of nitrogens with zero attached hydrogens (tertiary/aromatic N) is 3. The third-order valence-corrected chi connectivity index (χ3v) is 4.85. The largest absolute Gasteiger partial charge is 0.450 e. The van der Waals surface area contributed by atoms with Crippen molar-refractivity contribution in [1.82, 2.24) is 14.7 Å². The van der Waals surface area contributed by atoms with E-state index in [9.17, 15) is 19.2 Å². The molecule has 2 heterocycles. The smallest absolute Gasteiger partial charge is 0.409 e. The molecule has 4 amide bonds. The van der Waals surface area contributed by atoms with Crippen molar-refractivity contribution in [3.05, 3.63) is 41.6 Å². The summed E-state index contributed by atoms with van der Waals surface area (Å²) in [5, 5.41) is 11.9. The zero-order valence-corrected chi connectivity index (χ0v) is 16.7. The van der Waals surface area contributed by atoms with Gasteiger partial charge in [-0.15, -0.1) is 0 Å². The summed E-state index contributed by atoms with van der Waals surface area (Å²) in [6, 6.07) is 6.71. The number of piperazine rings is 1. The monoisotopic (exact) mass is 416 g/mol. The highest BCUT2D eigenvalue weighted by atomic mass is 16.6. The summed E-state index contributed by atoms with van der Waals surface area (Å²) in [7, 11) is 0. The lowest BCUT2D eigenvalue weighted by atomic mass is 10.1. The molecule has 0 atom stereocenters. The van der Waals surface area contributed by atoms with E-state index in [1.807, 2.05) is 0 Å². The van der Waals surface area contributed by atoms with Crippen LogP contribution in [0.25, 0.3) is 0 Å². The van der Waals surface area contributed by atoms with Gasteiger partial charge >= 0.3 is 6.09 Å². The van der Waals surface area contributed by atoms with Crippen LogP contribution >= 0.6 is 0 Å². The van der Waals surface area contributed by atoms with Crippen LogP contribution in [0.1, 0.15) is 17.3 Å². The highest BCUT2D eigenvalue weighted by Gasteiger charge is 2.32. The molecular weight excluding hydrogens is 392 g/mol. The summed E-state index contributed by atoms with van der Waals surface area (Å²) in [6.07, 6.45) is 0.757. The van der Waals surface area contributed by atoms with Crippen molar-refractivity contribution in [2.45, 2.75) is 6.92 Å². The van der Waals surface area contributed by atoms with E-state index in [4.69, 9.17) is 9.84 Å². The molecule has 10 heteroatoms. The van der Waals surface area contributed by atoms with Crippen LogP contribution in [0.4, 0.5) is 10.5 Å². The molecule has 1 aromatic rings. The molecule has 0 unspecified atom stereocenters. The second kappa shape index (κ2) is 9.40. The maximum absolute atomic E-state index is 13.0. The van der Waals surface area contributed by atoms with Crippen LogP contribution < -0.4 is 5.32 Å². The lowest BCUT2D eigenvalue weighted by Crippen LogP contribution is -2.50. The van der Waals surface area contributed by atoms with Crippen LogP contribution in [0.2, 0.25) is 0 Å². The minimum absolute atomic E-state index is 0.0424. The molecule has 0 bridgehead atoms. The Balaban J connectivity index is 1.69. The van der Waals surface area contributed by atoms with Crippen molar-refractivity contribution >= 4 is 29.5 Å². The Morgan fingerprint density at radius 2 is 1.77 bits per heavy atom. The number of aliphatic hydroxyl groups is 1. The standard InChI is InChI=1S/C20H24N4O6/c1-2-30-20(29)23-9-7-22(8-10-23)18(27)14-5-3-4-6-15(14)21-16-13-17(26)24(11-12-25)19(16)28/h3-6,13,21,25H,2,7-12H2,1H3. The average molecular weight is 416 g/mol. The number of β-amino-alcohol motifs (C(OH)–C–C–N with tert-alkyl or cyclic N) is 1. The highest BCUT2D eigenvalue weighted by molar-refractivity contribution is 6.17. The second-order valence-electron chi connectivity index (χ2n) is 6.73. The number of hydrogen-bond acceptors (Lipinski definition) is 7. The van der Waals surface area contributed by atoms with Gasteiger partial charge in [0.25, 0.3) is 17.7 Å². The number of ether oxygens (including phenoxy) is 1. The average Bonchev–Trinajstić information content (AvgIpc) is 3.01. The lowest BCUT2D eigenvalue weighted by Gasteiger charge is -2.34. The number of nitrogens with one attached hydrogen (secondary N) is 1. The Hall–Kier alpha value is -3.40. The first-order valence-corrected chi connectivity index (χ1v) is 9.71. The molecule has 0 radical (unpaired) electrons. The van der Waals surface area contributed by atoms with Gasteiger partial charge in [-0.1, -0.05) is 12.1 Å². The predicted octanol–water partition coefficient (Wildman–Crippen LogP) is 0.258. The number of anilines is 1. The third-order valence-electron chi connectivity index (χ3n) is 4.85. The first kappa shape index (κ1) is 21.3. The van der Waals surface area contributed by atoms with Crippen molar-refractivity contribution < 1.29 is 29.0 Å². The SMILES string of the molecule is CCOC(=O)N1CCN(C(=O)c2ccccc2NC2=CC(=O)N(CCO)C2=O)CC1. The molecule has 1 aromatic carbocycles. The summed E-state index contributed by atoms with van der Waals surface area (Å²) >= 11 is 0. The van der Waals surface area contributed by atoms with Gasteiger partial charge in [-0.05, 0) is 19.1 Å². The van der Waals surface area contributed by atoms with E-state index in [0.29, 0.717) is 44.0 Å². The normalized spacial score (nSPS) is 16.6. The number of amides is 4. The Labute approximate surface area is 173 Å². The number of carbonyl (C=O) groups excluding carboxylic acids is 4. The predicted molar refractivity (Wildman–Crippen MR) is 106 cm³/mol. The molecule has 0 spiro atoms. The summed E-state index contributed by atoms with van der Waals surface area (Å²) in [5.74, 6) is -1.32. The van der Waals surface area contributed by atoms with Crippen molar-refractivity contribution in [3.8, 4) is 0 Å². The van der Waals surface area contributed by atoms with Crippen LogP contribution in [-0.4, -0.2) is 89.6 Å². The fourth-order valence-corrected chi connectivity index (χ4v) is 3.31.